The minimum Gasteiger partial charge on any atom is -0.338 e. The molecule has 0 saturated carbocycles. The number of para-hydroxylation sites is 1. The summed E-state index contributed by atoms with van der Waals surface area (Å²) in [5.41, 5.74) is 2.82. The first-order valence-corrected chi connectivity index (χ1v) is 9.35. The van der Waals surface area contributed by atoms with Gasteiger partial charge < -0.3 is 4.90 Å². The van der Waals surface area contributed by atoms with Crippen molar-refractivity contribution in [1.29, 1.82) is 0 Å². The van der Waals surface area contributed by atoms with E-state index >= 15 is 0 Å². The third kappa shape index (κ3) is 4.10. The van der Waals surface area contributed by atoms with Gasteiger partial charge in [0.2, 0.25) is 5.91 Å². The predicted molar refractivity (Wildman–Crippen MR) is 98.3 cm³/mol. The number of hydrogen-bond acceptors (Lipinski definition) is 6. The number of thioether (sulfide) groups is 1. The third-order valence-corrected chi connectivity index (χ3v) is 5.28. The van der Waals surface area contributed by atoms with E-state index in [0.29, 0.717) is 17.5 Å². The zero-order chi connectivity index (χ0) is 17.1. The Kier molecular flexibility index (Phi) is 5.11. The summed E-state index contributed by atoms with van der Waals surface area (Å²) in [6, 6.07) is 9.93. The van der Waals surface area contributed by atoms with Crippen molar-refractivity contribution < 1.29 is 4.79 Å². The van der Waals surface area contributed by atoms with Crippen LogP contribution < -0.4 is 0 Å². The average molecular weight is 358 g/mol. The van der Waals surface area contributed by atoms with Crippen LogP contribution in [0.25, 0.3) is 10.2 Å². The summed E-state index contributed by atoms with van der Waals surface area (Å²) in [6.07, 6.45) is 0. The number of carbonyl (C=O) groups is 1. The average Bonchev–Trinajstić information content (AvgIpc) is 2.93. The quantitative estimate of drug-likeness (QED) is 0.516. The Balaban J connectivity index is 1.60. The van der Waals surface area contributed by atoms with E-state index in [1.165, 1.54) is 11.8 Å². The van der Waals surface area contributed by atoms with Gasteiger partial charge in [-0.05, 0) is 32.0 Å². The normalized spacial score (nSPS) is 11.0. The molecule has 0 N–H and O–H groups in total. The lowest BCUT2D eigenvalue weighted by molar-refractivity contribution is -0.127. The summed E-state index contributed by atoms with van der Waals surface area (Å²) in [7, 11) is 1.80. The van der Waals surface area contributed by atoms with Gasteiger partial charge in [-0.1, -0.05) is 23.9 Å². The largest absolute Gasteiger partial charge is 0.338 e. The summed E-state index contributed by atoms with van der Waals surface area (Å²) in [6.45, 7) is 4.38. The molecule has 0 aliphatic carbocycles. The van der Waals surface area contributed by atoms with Gasteiger partial charge in [-0.2, -0.15) is 0 Å². The molecular weight excluding hydrogens is 340 g/mol. The summed E-state index contributed by atoms with van der Waals surface area (Å²) in [4.78, 5) is 27.3. The second-order valence-corrected chi connectivity index (χ2v) is 7.60. The van der Waals surface area contributed by atoms with Crippen molar-refractivity contribution in [1.82, 2.24) is 19.9 Å². The van der Waals surface area contributed by atoms with E-state index in [9.17, 15) is 4.79 Å². The smallest absolute Gasteiger partial charge is 0.233 e. The predicted octanol–water partition coefficient (Wildman–Crippen LogP) is 3.45. The Labute approximate surface area is 149 Å². The number of carbonyl (C=O) groups excluding carboxylic acids is 1. The summed E-state index contributed by atoms with van der Waals surface area (Å²) < 4.78 is 1.14. The van der Waals surface area contributed by atoms with E-state index in [0.717, 1.165) is 26.6 Å². The molecular formula is C17H18N4OS2. The Morgan fingerprint density at radius 2 is 1.88 bits per heavy atom. The Morgan fingerprint density at radius 3 is 2.58 bits per heavy atom. The fraction of sp³-hybridized carbons (Fsp3) is 0.294. The van der Waals surface area contributed by atoms with E-state index in [4.69, 9.17) is 0 Å². The molecule has 3 aromatic rings. The minimum absolute atomic E-state index is 0.0435. The van der Waals surface area contributed by atoms with Crippen molar-refractivity contribution in [3.8, 4) is 0 Å². The maximum absolute atomic E-state index is 12.3. The van der Waals surface area contributed by atoms with Crippen LogP contribution >= 0.6 is 23.1 Å². The highest BCUT2D eigenvalue weighted by Crippen LogP contribution is 2.22. The first kappa shape index (κ1) is 16.9. The second kappa shape index (κ2) is 7.27. The van der Waals surface area contributed by atoms with Gasteiger partial charge in [0, 0.05) is 18.4 Å². The molecule has 124 valence electrons. The fourth-order valence-corrected chi connectivity index (χ4v) is 4.18. The van der Waals surface area contributed by atoms with Crippen LogP contribution in [0.4, 0.5) is 0 Å². The SMILES string of the molecule is Cc1cc(C)nc(SCC(=O)N(C)Cc2nc3ccccc3s2)n1. The number of amides is 1. The summed E-state index contributed by atoms with van der Waals surface area (Å²) >= 11 is 3.00. The topological polar surface area (TPSA) is 59.0 Å². The van der Waals surface area contributed by atoms with Crippen molar-refractivity contribution in [2.75, 3.05) is 12.8 Å². The van der Waals surface area contributed by atoms with Gasteiger partial charge in [0.05, 0.1) is 22.5 Å². The van der Waals surface area contributed by atoms with Gasteiger partial charge in [-0.25, -0.2) is 15.0 Å². The molecule has 24 heavy (non-hydrogen) atoms. The molecule has 1 amide bonds. The molecule has 0 aliphatic rings. The first-order valence-electron chi connectivity index (χ1n) is 7.55. The molecule has 5 nitrogen and oxygen atoms in total. The van der Waals surface area contributed by atoms with Crippen LogP contribution in [0.5, 0.6) is 0 Å². The standard InChI is InChI=1S/C17H18N4OS2/c1-11-8-12(2)19-17(18-11)23-10-16(22)21(3)9-15-20-13-6-4-5-7-14(13)24-15/h4-8H,9-10H2,1-3H3. The van der Waals surface area contributed by atoms with E-state index in [1.807, 2.05) is 44.2 Å². The number of aromatic nitrogens is 3. The Morgan fingerprint density at radius 1 is 1.17 bits per heavy atom. The van der Waals surface area contributed by atoms with Gasteiger partial charge in [0.1, 0.15) is 5.01 Å². The lowest BCUT2D eigenvalue weighted by atomic mass is 10.3. The minimum atomic E-state index is 0.0435. The lowest BCUT2D eigenvalue weighted by Gasteiger charge is -2.15. The molecule has 0 unspecified atom stereocenters. The Bertz CT molecular complexity index is 825. The molecule has 0 saturated heterocycles. The summed E-state index contributed by atoms with van der Waals surface area (Å²) in [5.74, 6) is 0.367. The molecule has 0 fully saturated rings. The van der Waals surface area contributed by atoms with Crippen LogP contribution in [-0.2, 0) is 11.3 Å². The van der Waals surface area contributed by atoms with Gasteiger partial charge >= 0.3 is 0 Å². The van der Waals surface area contributed by atoms with Crippen molar-refractivity contribution in [2.24, 2.45) is 0 Å². The number of benzene rings is 1. The molecule has 0 aliphatic heterocycles. The maximum atomic E-state index is 12.3. The highest BCUT2D eigenvalue weighted by Gasteiger charge is 2.13. The summed E-state index contributed by atoms with van der Waals surface area (Å²) in [5, 5.41) is 1.59. The van der Waals surface area contributed by atoms with Gasteiger partial charge in [0.25, 0.3) is 0 Å². The van der Waals surface area contributed by atoms with Gasteiger partial charge in [0.15, 0.2) is 5.16 Å². The fourth-order valence-electron chi connectivity index (χ4n) is 2.27. The van der Waals surface area contributed by atoms with Crippen molar-refractivity contribution >= 4 is 39.2 Å². The molecule has 1 aromatic carbocycles. The first-order chi connectivity index (χ1) is 11.5. The zero-order valence-electron chi connectivity index (χ0n) is 13.8. The van der Waals surface area contributed by atoms with Crippen molar-refractivity contribution in [3.05, 3.63) is 46.7 Å². The van der Waals surface area contributed by atoms with Crippen molar-refractivity contribution in [3.63, 3.8) is 0 Å². The van der Waals surface area contributed by atoms with Crippen molar-refractivity contribution in [2.45, 2.75) is 25.5 Å². The molecule has 0 radical (unpaired) electrons. The molecule has 0 atom stereocenters. The van der Waals surface area contributed by atoms with E-state index in [2.05, 4.69) is 15.0 Å². The lowest BCUT2D eigenvalue weighted by Crippen LogP contribution is -2.27. The highest BCUT2D eigenvalue weighted by molar-refractivity contribution is 7.99. The van der Waals surface area contributed by atoms with E-state index in [1.54, 1.807) is 23.3 Å². The number of fused-ring (bicyclic) bond motifs is 1. The number of aryl methyl sites for hydroxylation is 2. The molecule has 2 heterocycles. The second-order valence-electron chi connectivity index (χ2n) is 5.55. The molecule has 0 spiro atoms. The molecule has 2 aromatic heterocycles. The van der Waals surface area contributed by atoms with Crippen LogP contribution in [0.1, 0.15) is 16.4 Å². The molecule has 7 heteroatoms. The number of nitrogens with zero attached hydrogens (tertiary/aromatic N) is 4. The number of rotatable bonds is 5. The third-order valence-electron chi connectivity index (χ3n) is 3.42. The van der Waals surface area contributed by atoms with Crippen LogP contribution in [0.3, 0.4) is 0 Å². The zero-order valence-corrected chi connectivity index (χ0v) is 15.4. The highest BCUT2D eigenvalue weighted by atomic mass is 32.2. The van der Waals surface area contributed by atoms with Gasteiger partial charge in [-0.15, -0.1) is 11.3 Å². The maximum Gasteiger partial charge on any atom is 0.233 e. The monoisotopic (exact) mass is 358 g/mol. The van der Waals surface area contributed by atoms with Gasteiger partial charge in [-0.3, -0.25) is 4.79 Å². The van der Waals surface area contributed by atoms with E-state index in [-0.39, 0.29) is 5.91 Å². The molecule has 0 bridgehead atoms. The number of thiazole rings is 1. The van der Waals surface area contributed by atoms with Crippen LogP contribution in [-0.4, -0.2) is 38.6 Å². The van der Waals surface area contributed by atoms with Crippen LogP contribution in [0.2, 0.25) is 0 Å². The van der Waals surface area contributed by atoms with Crippen LogP contribution in [0.15, 0.2) is 35.5 Å². The number of hydrogen-bond donors (Lipinski definition) is 0. The van der Waals surface area contributed by atoms with E-state index < -0.39 is 0 Å². The van der Waals surface area contributed by atoms with Crippen LogP contribution in [0, 0.1) is 13.8 Å². The molecule has 3 rings (SSSR count). The Hall–Kier alpha value is -1.99.